The SMILES string of the molecule is CCC(CCN(C)CC1CCNCC1)OCC#Cc1cccc2c1CN(C1CCC(=O)NC1=O)C2=O. The summed E-state index contributed by atoms with van der Waals surface area (Å²) in [5.74, 6) is 6.22. The van der Waals surface area contributed by atoms with E-state index in [9.17, 15) is 14.4 Å². The Morgan fingerprint density at radius 2 is 2.00 bits per heavy atom. The molecule has 0 saturated carbocycles. The first-order valence-corrected chi connectivity index (χ1v) is 13.2. The summed E-state index contributed by atoms with van der Waals surface area (Å²) < 4.78 is 6.06. The molecule has 1 aromatic rings. The third-order valence-corrected chi connectivity index (χ3v) is 7.51. The predicted octanol–water partition coefficient (Wildman–Crippen LogP) is 1.92. The number of rotatable bonds is 9. The van der Waals surface area contributed by atoms with Gasteiger partial charge in [-0.3, -0.25) is 19.7 Å². The van der Waals surface area contributed by atoms with E-state index in [0.29, 0.717) is 25.1 Å². The summed E-state index contributed by atoms with van der Waals surface area (Å²) in [6, 6.07) is 4.88. The maximum atomic E-state index is 13.0. The minimum atomic E-state index is -0.620. The lowest BCUT2D eigenvalue weighted by molar-refractivity contribution is -0.136. The Morgan fingerprint density at radius 3 is 2.75 bits per heavy atom. The Kier molecular flexibility index (Phi) is 9.13. The van der Waals surface area contributed by atoms with Crippen LogP contribution in [0, 0.1) is 17.8 Å². The van der Waals surface area contributed by atoms with Crippen LogP contribution in [0.25, 0.3) is 0 Å². The van der Waals surface area contributed by atoms with Gasteiger partial charge in [0, 0.05) is 37.2 Å². The molecule has 0 aromatic heterocycles. The fourth-order valence-corrected chi connectivity index (χ4v) is 5.36. The molecule has 2 N–H and O–H groups in total. The van der Waals surface area contributed by atoms with Crippen LogP contribution in [0.5, 0.6) is 0 Å². The van der Waals surface area contributed by atoms with Crippen LogP contribution in [0.15, 0.2) is 18.2 Å². The van der Waals surface area contributed by atoms with Crippen LogP contribution in [0.3, 0.4) is 0 Å². The zero-order chi connectivity index (χ0) is 25.5. The lowest BCUT2D eigenvalue weighted by Gasteiger charge is -2.29. The highest BCUT2D eigenvalue weighted by molar-refractivity contribution is 6.05. The quantitative estimate of drug-likeness (QED) is 0.403. The molecular weight excluding hydrogens is 456 g/mol. The lowest BCUT2D eigenvalue weighted by Crippen LogP contribution is -2.52. The van der Waals surface area contributed by atoms with Gasteiger partial charge in [-0.2, -0.15) is 0 Å². The zero-order valence-electron chi connectivity index (χ0n) is 21.5. The minimum absolute atomic E-state index is 0.167. The van der Waals surface area contributed by atoms with E-state index in [-0.39, 0.29) is 24.3 Å². The molecule has 8 heteroatoms. The van der Waals surface area contributed by atoms with Gasteiger partial charge in [0.1, 0.15) is 12.6 Å². The van der Waals surface area contributed by atoms with Crippen molar-refractivity contribution in [3.63, 3.8) is 0 Å². The molecule has 0 spiro atoms. The highest BCUT2D eigenvalue weighted by atomic mass is 16.5. The van der Waals surface area contributed by atoms with Gasteiger partial charge in [-0.1, -0.05) is 24.8 Å². The average molecular weight is 495 g/mol. The van der Waals surface area contributed by atoms with Crippen LogP contribution in [-0.4, -0.2) is 79.5 Å². The van der Waals surface area contributed by atoms with Crippen LogP contribution in [0.4, 0.5) is 0 Å². The molecule has 3 amide bonds. The Morgan fingerprint density at radius 1 is 1.19 bits per heavy atom. The summed E-state index contributed by atoms with van der Waals surface area (Å²) in [6.45, 7) is 7.23. The van der Waals surface area contributed by atoms with Gasteiger partial charge in [0.15, 0.2) is 0 Å². The molecule has 0 bridgehead atoms. The van der Waals surface area contributed by atoms with Crippen LogP contribution >= 0.6 is 0 Å². The van der Waals surface area contributed by atoms with Gasteiger partial charge in [-0.15, -0.1) is 0 Å². The fourth-order valence-electron chi connectivity index (χ4n) is 5.36. The lowest BCUT2D eigenvalue weighted by atomic mass is 9.97. The molecule has 3 aliphatic heterocycles. The van der Waals surface area contributed by atoms with Gasteiger partial charge in [0.05, 0.1) is 6.10 Å². The van der Waals surface area contributed by atoms with Crippen molar-refractivity contribution in [3.8, 4) is 11.8 Å². The molecule has 194 valence electrons. The van der Waals surface area contributed by atoms with Gasteiger partial charge >= 0.3 is 0 Å². The van der Waals surface area contributed by atoms with E-state index in [0.717, 1.165) is 56.1 Å². The number of imide groups is 1. The number of ether oxygens (including phenoxy) is 1. The third kappa shape index (κ3) is 6.52. The number of nitrogens with one attached hydrogen (secondary N) is 2. The summed E-state index contributed by atoms with van der Waals surface area (Å²) in [5.41, 5.74) is 2.20. The molecule has 36 heavy (non-hydrogen) atoms. The standard InChI is InChI=1S/C28H38N4O4/c1-3-22(13-16-31(2)18-20-11-14-29-15-12-20)36-17-5-7-21-6-4-8-23-24(21)19-32(28(23)35)25-9-10-26(33)30-27(25)34/h4,6,8,20,22,25,29H,3,9-19H2,1-2H3,(H,30,33,34). The first-order valence-electron chi connectivity index (χ1n) is 13.2. The van der Waals surface area contributed by atoms with Crippen molar-refractivity contribution >= 4 is 17.7 Å². The van der Waals surface area contributed by atoms with Gasteiger partial charge in [0.2, 0.25) is 11.8 Å². The van der Waals surface area contributed by atoms with E-state index in [1.54, 1.807) is 11.0 Å². The summed E-state index contributed by atoms with van der Waals surface area (Å²) in [6.07, 6.45) is 5.20. The molecule has 2 saturated heterocycles. The van der Waals surface area contributed by atoms with E-state index in [1.807, 2.05) is 12.1 Å². The highest BCUT2D eigenvalue weighted by Gasteiger charge is 2.39. The maximum absolute atomic E-state index is 13.0. The summed E-state index contributed by atoms with van der Waals surface area (Å²) in [7, 11) is 2.20. The number of fused-ring (bicyclic) bond motifs is 1. The Hall–Kier alpha value is -2.73. The van der Waals surface area contributed by atoms with E-state index in [4.69, 9.17) is 4.74 Å². The summed E-state index contributed by atoms with van der Waals surface area (Å²) >= 11 is 0. The second-order valence-corrected chi connectivity index (χ2v) is 10.1. The molecule has 4 rings (SSSR count). The van der Waals surface area contributed by atoms with Gasteiger partial charge in [-0.05, 0) is 75.9 Å². The second kappa shape index (κ2) is 12.5. The first kappa shape index (κ1) is 26.3. The number of benzene rings is 1. The van der Waals surface area contributed by atoms with Crippen molar-refractivity contribution < 1.29 is 19.1 Å². The predicted molar refractivity (Wildman–Crippen MR) is 137 cm³/mol. The van der Waals surface area contributed by atoms with Crippen molar-refractivity contribution in [3.05, 3.63) is 34.9 Å². The van der Waals surface area contributed by atoms with Crippen LogP contribution < -0.4 is 10.6 Å². The van der Waals surface area contributed by atoms with Crippen molar-refractivity contribution in [2.75, 3.05) is 39.8 Å². The fraction of sp³-hybridized carbons (Fsp3) is 0.607. The minimum Gasteiger partial charge on any atom is -0.366 e. The average Bonchev–Trinajstić information content (AvgIpc) is 3.21. The third-order valence-electron chi connectivity index (χ3n) is 7.51. The van der Waals surface area contributed by atoms with Crippen LogP contribution in [0.1, 0.15) is 66.9 Å². The first-order chi connectivity index (χ1) is 17.5. The number of carbonyl (C=O) groups excluding carboxylic acids is 3. The van der Waals surface area contributed by atoms with E-state index in [2.05, 4.69) is 41.3 Å². The Balaban J connectivity index is 1.28. The molecular formula is C28H38N4O4. The van der Waals surface area contributed by atoms with E-state index < -0.39 is 11.9 Å². The van der Waals surface area contributed by atoms with Gasteiger partial charge < -0.3 is 19.9 Å². The topological polar surface area (TPSA) is 91.0 Å². The summed E-state index contributed by atoms with van der Waals surface area (Å²) in [4.78, 5) is 40.7. The molecule has 2 atom stereocenters. The normalized spacial score (nSPS) is 21.2. The van der Waals surface area contributed by atoms with Crippen LogP contribution in [0.2, 0.25) is 0 Å². The van der Waals surface area contributed by atoms with Crippen molar-refractivity contribution in [1.82, 2.24) is 20.4 Å². The molecule has 2 unspecified atom stereocenters. The molecule has 1 aromatic carbocycles. The summed E-state index contributed by atoms with van der Waals surface area (Å²) in [5, 5.41) is 5.77. The largest absolute Gasteiger partial charge is 0.366 e. The maximum Gasteiger partial charge on any atom is 0.255 e. The number of hydrogen-bond acceptors (Lipinski definition) is 6. The molecule has 0 aliphatic carbocycles. The number of piperidine rings is 2. The second-order valence-electron chi connectivity index (χ2n) is 10.1. The molecule has 2 fully saturated rings. The Labute approximate surface area is 214 Å². The van der Waals surface area contributed by atoms with E-state index in [1.165, 1.54) is 12.8 Å². The number of nitrogens with zero attached hydrogens (tertiary/aromatic N) is 2. The van der Waals surface area contributed by atoms with Gasteiger partial charge in [-0.25, -0.2) is 0 Å². The highest BCUT2D eigenvalue weighted by Crippen LogP contribution is 2.29. The molecule has 3 aliphatic rings. The van der Waals surface area contributed by atoms with Crippen molar-refractivity contribution in [2.24, 2.45) is 5.92 Å². The number of amides is 3. The van der Waals surface area contributed by atoms with E-state index >= 15 is 0 Å². The van der Waals surface area contributed by atoms with Crippen LogP contribution in [-0.2, 0) is 20.9 Å². The van der Waals surface area contributed by atoms with Crippen molar-refractivity contribution in [1.29, 1.82) is 0 Å². The van der Waals surface area contributed by atoms with Gasteiger partial charge in [0.25, 0.3) is 5.91 Å². The number of hydrogen-bond donors (Lipinski definition) is 2. The molecule has 8 nitrogen and oxygen atoms in total. The molecule has 0 radical (unpaired) electrons. The zero-order valence-corrected chi connectivity index (χ0v) is 21.5. The number of carbonyl (C=O) groups is 3. The molecule has 3 heterocycles. The Bertz CT molecular complexity index is 1020. The monoisotopic (exact) mass is 494 g/mol. The smallest absolute Gasteiger partial charge is 0.255 e. The van der Waals surface area contributed by atoms with Crippen molar-refractivity contribution in [2.45, 2.75) is 64.1 Å².